The number of rotatable bonds is 5. The van der Waals surface area contributed by atoms with Crippen molar-refractivity contribution in [2.24, 2.45) is 5.92 Å². The third kappa shape index (κ3) is 3.05. The first-order chi connectivity index (χ1) is 9.48. The molecule has 1 aliphatic heterocycles. The van der Waals surface area contributed by atoms with Crippen LogP contribution in [0.25, 0.3) is 0 Å². The average Bonchev–Trinajstić information content (AvgIpc) is 2.82. The first-order valence-electron chi connectivity index (χ1n) is 7.17. The van der Waals surface area contributed by atoms with Crippen LogP contribution in [-0.4, -0.2) is 49.0 Å². The largest absolute Gasteiger partial charge is 0.334 e. The zero-order valence-corrected chi connectivity index (χ0v) is 13.3. The van der Waals surface area contributed by atoms with Crippen LogP contribution in [0.4, 0.5) is 0 Å². The van der Waals surface area contributed by atoms with Crippen molar-refractivity contribution in [3.05, 3.63) is 12.0 Å². The third-order valence-electron chi connectivity index (χ3n) is 3.97. The van der Waals surface area contributed by atoms with Crippen LogP contribution < -0.4 is 5.32 Å². The molecule has 2 rings (SSSR count). The monoisotopic (exact) mass is 300 g/mol. The van der Waals surface area contributed by atoms with Crippen molar-refractivity contribution in [2.45, 2.75) is 38.3 Å². The molecule has 6 nitrogen and oxygen atoms in total. The van der Waals surface area contributed by atoms with E-state index in [9.17, 15) is 8.42 Å². The molecule has 0 unspecified atom stereocenters. The van der Waals surface area contributed by atoms with Crippen LogP contribution in [0.2, 0.25) is 0 Å². The van der Waals surface area contributed by atoms with Gasteiger partial charge >= 0.3 is 0 Å². The summed E-state index contributed by atoms with van der Waals surface area (Å²) in [7, 11) is -1.50. The van der Waals surface area contributed by atoms with E-state index in [1.54, 1.807) is 10.5 Å². The fourth-order valence-electron chi connectivity index (χ4n) is 2.70. The fourth-order valence-corrected chi connectivity index (χ4v) is 4.16. The molecule has 7 heteroatoms. The summed E-state index contributed by atoms with van der Waals surface area (Å²) in [6.07, 6.45) is 3.46. The van der Waals surface area contributed by atoms with E-state index >= 15 is 0 Å². The van der Waals surface area contributed by atoms with E-state index in [4.69, 9.17) is 0 Å². The predicted octanol–water partition coefficient (Wildman–Crippen LogP) is 0.832. The van der Waals surface area contributed by atoms with Crippen molar-refractivity contribution < 1.29 is 8.42 Å². The number of piperidine rings is 1. The Balaban J connectivity index is 2.11. The maximum atomic E-state index is 12.6. The summed E-state index contributed by atoms with van der Waals surface area (Å²) in [5.41, 5.74) is 0. The summed E-state index contributed by atoms with van der Waals surface area (Å²) in [6.45, 7) is 6.69. The number of hydrogen-bond donors (Lipinski definition) is 1. The Morgan fingerprint density at radius 1 is 1.40 bits per heavy atom. The van der Waals surface area contributed by atoms with Crippen LogP contribution in [-0.2, 0) is 16.6 Å². The van der Waals surface area contributed by atoms with E-state index in [1.165, 1.54) is 0 Å². The van der Waals surface area contributed by atoms with E-state index in [2.05, 4.69) is 10.3 Å². The van der Waals surface area contributed by atoms with Gasteiger partial charge in [0.15, 0.2) is 5.03 Å². The van der Waals surface area contributed by atoms with Crippen molar-refractivity contribution in [1.82, 2.24) is 19.2 Å². The van der Waals surface area contributed by atoms with E-state index in [0.717, 1.165) is 31.8 Å². The van der Waals surface area contributed by atoms with Crippen LogP contribution >= 0.6 is 0 Å². The summed E-state index contributed by atoms with van der Waals surface area (Å²) in [4.78, 5) is 4.20. The second-order valence-corrected chi connectivity index (χ2v) is 7.20. The predicted molar refractivity (Wildman–Crippen MR) is 78.0 cm³/mol. The zero-order chi connectivity index (χ0) is 14.8. The number of nitrogens with one attached hydrogen (secondary N) is 1. The van der Waals surface area contributed by atoms with Gasteiger partial charge in [0.2, 0.25) is 0 Å². The van der Waals surface area contributed by atoms with E-state index < -0.39 is 10.0 Å². The first-order valence-corrected chi connectivity index (χ1v) is 8.61. The Labute approximate surface area is 121 Å². The summed E-state index contributed by atoms with van der Waals surface area (Å²) in [6, 6.07) is 0. The molecule has 1 aliphatic rings. The Morgan fingerprint density at radius 2 is 2.05 bits per heavy atom. The van der Waals surface area contributed by atoms with Crippen molar-refractivity contribution in [2.75, 3.05) is 26.7 Å². The van der Waals surface area contributed by atoms with Crippen molar-refractivity contribution in [3.8, 4) is 0 Å². The van der Waals surface area contributed by atoms with Crippen molar-refractivity contribution >= 4 is 10.0 Å². The number of sulfonamides is 1. The first kappa shape index (κ1) is 15.5. The van der Waals surface area contributed by atoms with Gasteiger partial charge in [0, 0.05) is 25.8 Å². The lowest BCUT2D eigenvalue weighted by Gasteiger charge is -2.30. The molecule has 1 N–H and O–H groups in total. The summed E-state index contributed by atoms with van der Waals surface area (Å²) in [5.74, 6) is 1.32. The molecule has 0 saturated carbocycles. The molecule has 1 saturated heterocycles. The molecule has 2 heterocycles. The average molecular weight is 300 g/mol. The smallest absolute Gasteiger partial charge is 0.262 e. The van der Waals surface area contributed by atoms with Gasteiger partial charge < -0.3 is 9.88 Å². The van der Waals surface area contributed by atoms with Crippen LogP contribution in [0.3, 0.4) is 0 Å². The molecule has 0 spiro atoms. The standard InChI is InChI=1S/C13H24N4O2S/c1-4-16-10-13(15-11(16)2)20(18,19)17-7-5-12(6-8-17)9-14-3/h10,12,14H,4-9H2,1-3H3. The zero-order valence-electron chi connectivity index (χ0n) is 12.5. The highest BCUT2D eigenvalue weighted by molar-refractivity contribution is 7.89. The van der Waals surface area contributed by atoms with Gasteiger partial charge in [-0.3, -0.25) is 0 Å². The van der Waals surface area contributed by atoms with Gasteiger partial charge in [0.05, 0.1) is 0 Å². The maximum Gasteiger partial charge on any atom is 0.262 e. The Bertz CT molecular complexity index is 545. The van der Waals surface area contributed by atoms with Gasteiger partial charge in [-0.2, -0.15) is 4.31 Å². The van der Waals surface area contributed by atoms with E-state index in [1.807, 2.05) is 25.5 Å². The fraction of sp³-hybridized carbons (Fsp3) is 0.769. The van der Waals surface area contributed by atoms with Crippen molar-refractivity contribution in [1.29, 1.82) is 0 Å². The lowest BCUT2D eigenvalue weighted by molar-refractivity contribution is 0.270. The second-order valence-electron chi connectivity index (χ2n) is 5.32. The van der Waals surface area contributed by atoms with E-state index in [0.29, 0.717) is 19.0 Å². The van der Waals surface area contributed by atoms with Crippen molar-refractivity contribution in [3.63, 3.8) is 0 Å². The minimum Gasteiger partial charge on any atom is -0.334 e. The molecule has 1 aromatic rings. The Kier molecular flexibility index (Phi) is 4.82. The third-order valence-corrected chi connectivity index (χ3v) is 5.74. The highest BCUT2D eigenvalue weighted by atomic mass is 32.2. The number of hydrogen-bond acceptors (Lipinski definition) is 4. The van der Waals surface area contributed by atoms with Gasteiger partial charge in [-0.05, 0) is 46.2 Å². The molecule has 0 aromatic carbocycles. The van der Waals surface area contributed by atoms with Gasteiger partial charge in [-0.25, -0.2) is 13.4 Å². The molecule has 0 radical (unpaired) electrons. The molecule has 0 amide bonds. The molecule has 20 heavy (non-hydrogen) atoms. The van der Waals surface area contributed by atoms with Gasteiger partial charge in [-0.1, -0.05) is 0 Å². The molecule has 1 fully saturated rings. The highest BCUT2D eigenvalue weighted by Gasteiger charge is 2.31. The van der Waals surface area contributed by atoms with Crippen LogP contribution in [0.5, 0.6) is 0 Å². The van der Waals surface area contributed by atoms with Crippen LogP contribution in [0.15, 0.2) is 11.2 Å². The van der Waals surface area contributed by atoms with Gasteiger partial charge in [0.1, 0.15) is 5.82 Å². The van der Waals surface area contributed by atoms with Crippen LogP contribution in [0.1, 0.15) is 25.6 Å². The summed E-state index contributed by atoms with van der Waals surface area (Å²) >= 11 is 0. The SMILES string of the molecule is CCn1cc(S(=O)(=O)N2CCC(CNC)CC2)nc1C. The molecule has 1 aromatic heterocycles. The number of nitrogens with zero attached hydrogens (tertiary/aromatic N) is 3. The Hall–Kier alpha value is -0.920. The minimum atomic E-state index is -3.43. The molecular formula is C13H24N4O2S. The lowest BCUT2D eigenvalue weighted by atomic mass is 9.98. The Morgan fingerprint density at radius 3 is 2.55 bits per heavy atom. The molecule has 114 valence electrons. The van der Waals surface area contributed by atoms with Gasteiger partial charge in [0.25, 0.3) is 10.0 Å². The quantitative estimate of drug-likeness (QED) is 0.875. The highest BCUT2D eigenvalue weighted by Crippen LogP contribution is 2.23. The second kappa shape index (κ2) is 6.24. The number of aromatic nitrogens is 2. The summed E-state index contributed by atoms with van der Waals surface area (Å²) in [5, 5.41) is 3.34. The topological polar surface area (TPSA) is 67.2 Å². The minimum absolute atomic E-state index is 0.184. The molecule has 0 atom stereocenters. The number of imidazole rings is 1. The van der Waals surface area contributed by atoms with Crippen LogP contribution in [0, 0.1) is 12.8 Å². The number of aryl methyl sites for hydroxylation is 2. The lowest BCUT2D eigenvalue weighted by Crippen LogP contribution is -2.40. The molecular weight excluding hydrogens is 276 g/mol. The summed E-state index contributed by atoms with van der Waals surface area (Å²) < 4.78 is 28.6. The van der Waals surface area contributed by atoms with Gasteiger partial charge in [-0.15, -0.1) is 0 Å². The van der Waals surface area contributed by atoms with E-state index in [-0.39, 0.29) is 5.03 Å². The molecule has 0 aliphatic carbocycles. The maximum absolute atomic E-state index is 12.6. The normalized spacial score (nSPS) is 18.6. The molecule has 0 bridgehead atoms.